The molecule has 1 aromatic rings. The normalized spacial score (nSPS) is 23.0. The molecule has 0 aliphatic carbocycles. The first kappa shape index (κ1) is 13.8. The van der Waals surface area contributed by atoms with E-state index < -0.39 is 0 Å². The van der Waals surface area contributed by atoms with E-state index in [0.29, 0.717) is 12.6 Å². The van der Waals surface area contributed by atoms with Crippen LogP contribution in [-0.4, -0.2) is 24.0 Å². The second-order valence-electron chi connectivity index (χ2n) is 5.01. The summed E-state index contributed by atoms with van der Waals surface area (Å²) in [6.45, 7) is 3.82. The lowest BCUT2D eigenvalue weighted by Gasteiger charge is -2.39. The Morgan fingerprint density at radius 1 is 1.50 bits per heavy atom. The van der Waals surface area contributed by atoms with Gasteiger partial charge in [0.15, 0.2) is 0 Å². The van der Waals surface area contributed by atoms with E-state index in [2.05, 4.69) is 11.8 Å². The molecular weight excluding hydrogens is 251 g/mol. The summed E-state index contributed by atoms with van der Waals surface area (Å²) in [5.41, 5.74) is 6.92. The Morgan fingerprint density at radius 3 is 2.89 bits per heavy atom. The molecule has 0 amide bonds. The Balaban J connectivity index is 2.23. The molecule has 0 aromatic heterocycles. The Hall–Kier alpha value is -0.640. The van der Waals surface area contributed by atoms with Crippen molar-refractivity contribution < 1.29 is 4.39 Å². The third kappa shape index (κ3) is 2.85. The first-order valence-electron chi connectivity index (χ1n) is 6.54. The van der Waals surface area contributed by atoms with Gasteiger partial charge in [0.25, 0.3) is 0 Å². The molecule has 2 rings (SSSR count). The van der Waals surface area contributed by atoms with Crippen molar-refractivity contribution in [3.05, 3.63) is 34.6 Å². The molecule has 2 N–H and O–H groups in total. The Labute approximate surface area is 113 Å². The monoisotopic (exact) mass is 270 g/mol. The molecule has 2 unspecified atom stereocenters. The van der Waals surface area contributed by atoms with E-state index >= 15 is 0 Å². The van der Waals surface area contributed by atoms with Gasteiger partial charge in [-0.05, 0) is 44.0 Å². The van der Waals surface area contributed by atoms with Gasteiger partial charge in [-0.15, -0.1) is 0 Å². The Bertz CT molecular complexity index is 411. The summed E-state index contributed by atoms with van der Waals surface area (Å²) in [6, 6.07) is 5.58. The number of piperidine rings is 1. The van der Waals surface area contributed by atoms with E-state index in [4.69, 9.17) is 17.3 Å². The number of rotatable bonds is 3. The van der Waals surface area contributed by atoms with E-state index in [0.717, 1.165) is 12.1 Å². The van der Waals surface area contributed by atoms with Gasteiger partial charge in [0.05, 0.1) is 5.02 Å². The average molecular weight is 271 g/mol. The van der Waals surface area contributed by atoms with Crippen molar-refractivity contribution in [1.82, 2.24) is 4.90 Å². The third-order valence-electron chi connectivity index (χ3n) is 3.81. The van der Waals surface area contributed by atoms with Crippen LogP contribution in [0.5, 0.6) is 0 Å². The quantitative estimate of drug-likeness (QED) is 0.913. The van der Waals surface area contributed by atoms with Crippen molar-refractivity contribution in [2.24, 2.45) is 5.73 Å². The molecule has 0 saturated carbocycles. The Kier molecular flexibility index (Phi) is 4.60. The molecule has 2 nitrogen and oxygen atoms in total. The van der Waals surface area contributed by atoms with Gasteiger partial charge in [0.1, 0.15) is 5.82 Å². The molecule has 4 heteroatoms. The van der Waals surface area contributed by atoms with E-state index in [1.807, 2.05) is 0 Å². The average Bonchev–Trinajstić information content (AvgIpc) is 2.37. The molecule has 1 fully saturated rings. The molecule has 1 aliphatic heterocycles. The van der Waals surface area contributed by atoms with Crippen molar-refractivity contribution in [3.63, 3.8) is 0 Å². The van der Waals surface area contributed by atoms with Crippen LogP contribution in [-0.2, 0) is 0 Å². The fraction of sp³-hybridized carbons (Fsp3) is 0.571. The third-order valence-corrected chi connectivity index (χ3v) is 4.10. The van der Waals surface area contributed by atoms with Gasteiger partial charge in [-0.2, -0.15) is 0 Å². The van der Waals surface area contributed by atoms with Gasteiger partial charge in [0, 0.05) is 18.6 Å². The van der Waals surface area contributed by atoms with Crippen LogP contribution in [0.4, 0.5) is 4.39 Å². The minimum atomic E-state index is -0.372. The lowest BCUT2D eigenvalue weighted by molar-refractivity contribution is 0.109. The van der Waals surface area contributed by atoms with Crippen LogP contribution in [0, 0.1) is 5.82 Å². The molecule has 100 valence electrons. The molecule has 1 heterocycles. The number of nitrogens with zero attached hydrogens (tertiary/aromatic N) is 1. The highest BCUT2D eigenvalue weighted by atomic mass is 35.5. The van der Waals surface area contributed by atoms with Crippen LogP contribution < -0.4 is 5.73 Å². The summed E-state index contributed by atoms with van der Waals surface area (Å²) >= 11 is 5.86. The number of hydrogen-bond donors (Lipinski definition) is 1. The molecule has 1 saturated heterocycles. The molecule has 0 bridgehead atoms. The minimum Gasteiger partial charge on any atom is -0.329 e. The second kappa shape index (κ2) is 6.00. The zero-order valence-electron chi connectivity index (χ0n) is 10.7. The van der Waals surface area contributed by atoms with Gasteiger partial charge in [-0.25, -0.2) is 4.39 Å². The Morgan fingerprint density at radius 2 is 2.28 bits per heavy atom. The highest BCUT2D eigenvalue weighted by Crippen LogP contribution is 2.29. The second-order valence-corrected chi connectivity index (χ2v) is 5.41. The molecule has 0 spiro atoms. The van der Waals surface area contributed by atoms with Crippen molar-refractivity contribution in [2.75, 3.05) is 13.1 Å². The summed E-state index contributed by atoms with van der Waals surface area (Å²) < 4.78 is 13.2. The number of nitrogens with two attached hydrogens (primary N) is 1. The van der Waals surface area contributed by atoms with E-state index in [1.165, 1.54) is 25.3 Å². The molecule has 18 heavy (non-hydrogen) atoms. The minimum absolute atomic E-state index is 0.137. The van der Waals surface area contributed by atoms with Gasteiger partial charge in [-0.1, -0.05) is 24.1 Å². The smallest absolute Gasteiger partial charge is 0.141 e. The van der Waals surface area contributed by atoms with Crippen LogP contribution in [0.2, 0.25) is 5.02 Å². The molecule has 1 aliphatic rings. The van der Waals surface area contributed by atoms with E-state index in [-0.39, 0.29) is 16.9 Å². The van der Waals surface area contributed by atoms with Crippen molar-refractivity contribution >= 4 is 11.6 Å². The predicted molar refractivity (Wildman–Crippen MR) is 73.2 cm³/mol. The highest BCUT2D eigenvalue weighted by Gasteiger charge is 2.26. The van der Waals surface area contributed by atoms with E-state index in [9.17, 15) is 4.39 Å². The maximum Gasteiger partial charge on any atom is 0.141 e. The predicted octanol–water partition coefficient (Wildman–Crippen LogP) is 3.35. The van der Waals surface area contributed by atoms with Crippen LogP contribution >= 0.6 is 11.6 Å². The SMILES string of the molecule is CC1CCCCN1C(CN)c1ccc(F)c(Cl)c1. The van der Waals surface area contributed by atoms with Gasteiger partial charge < -0.3 is 5.73 Å². The molecule has 0 radical (unpaired) electrons. The lowest BCUT2D eigenvalue weighted by atomic mass is 9.97. The lowest BCUT2D eigenvalue weighted by Crippen LogP contribution is -2.43. The van der Waals surface area contributed by atoms with E-state index in [1.54, 1.807) is 12.1 Å². The van der Waals surface area contributed by atoms with Gasteiger partial charge >= 0.3 is 0 Å². The van der Waals surface area contributed by atoms with Crippen LogP contribution in [0.25, 0.3) is 0 Å². The largest absolute Gasteiger partial charge is 0.329 e. The first-order valence-corrected chi connectivity index (χ1v) is 6.92. The zero-order valence-corrected chi connectivity index (χ0v) is 11.5. The van der Waals surface area contributed by atoms with Gasteiger partial charge in [0.2, 0.25) is 0 Å². The number of benzene rings is 1. The first-order chi connectivity index (χ1) is 8.63. The summed E-state index contributed by atoms with van der Waals surface area (Å²) in [4.78, 5) is 2.41. The van der Waals surface area contributed by atoms with Crippen LogP contribution in [0.1, 0.15) is 37.8 Å². The molecule has 1 aromatic carbocycles. The summed E-state index contributed by atoms with van der Waals surface area (Å²) in [5, 5.41) is 0.176. The van der Waals surface area contributed by atoms with Crippen molar-refractivity contribution in [3.8, 4) is 0 Å². The molecular formula is C14H20ClFN2. The van der Waals surface area contributed by atoms with Crippen molar-refractivity contribution in [1.29, 1.82) is 0 Å². The van der Waals surface area contributed by atoms with Crippen molar-refractivity contribution in [2.45, 2.75) is 38.3 Å². The molecule has 2 atom stereocenters. The highest BCUT2D eigenvalue weighted by molar-refractivity contribution is 6.30. The van der Waals surface area contributed by atoms with Gasteiger partial charge in [-0.3, -0.25) is 4.90 Å². The summed E-state index contributed by atoms with van der Waals surface area (Å²) in [5.74, 6) is -0.372. The van der Waals surface area contributed by atoms with Crippen LogP contribution in [0.3, 0.4) is 0 Å². The maximum atomic E-state index is 13.2. The fourth-order valence-electron chi connectivity index (χ4n) is 2.77. The number of halogens is 2. The standard InChI is InChI=1S/C14H20ClFN2/c1-10-4-2-3-7-18(10)14(9-17)11-5-6-13(16)12(15)8-11/h5-6,8,10,14H,2-4,7,9,17H2,1H3. The fourth-order valence-corrected chi connectivity index (χ4v) is 2.95. The number of likely N-dealkylation sites (tertiary alicyclic amines) is 1. The number of hydrogen-bond acceptors (Lipinski definition) is 2. The summed E-state index contributed by atoms with van der Waals surface area (Å²) in [7, 11) is 0. The zero-order chi connectivity index (χ0) is 13.1. The van der Waals surface area contributed by atoms with Crippen LogP contribution in [0.15, 0.2) is 18.2 Å². The maximum absolute atomic E-state index is 13.2. The summed E-state index contributed by atoms with van der Waals surface area (Å²) in [6.07, 6.45) is 3.68. The topological polar surface area (TPSA) is 29.3 Å².